The summed E-state index contributed by atoms with van der Waals surface area (Å²) in [7, 11) is -4.00. The number of hydrogen-bond acceptors (Lipinski definition) is 9. The fourth-order valence-corrected chi connectivity index (χ4v) is 6.11. The van der Waals surface area contributed by atoms with Gasteiger partial charge in [0.2, 0.25) is 27.6 Å². The molecule has 2 aromatic carbocycles. The molecule has 2 amide bonds. The molecule has 2 atom stereocenters. The zero-order valence-electron chi connectivity index (χ0n) is 23.7. The van der Waals surface area contributed by atoms with E-state index >= 15 is 0 Å². The van der Waals surface area contributed by atoms with Crippen LogP contribution >= 0.6 is 11.3 Å². The van der Waals surface area contributed by atoms with Crippen LogP contribution in [0.15, 0.2) is 71.2 Å². The summed E-state index contributed by atoms with van der Waals surface area (Å²) in [6.07, 6.45) is 1.99. The van der Waals surface area contributed by atoms with E-state index in [0.29, 0.717) is 23.1 Å². The van der Waals surface area contributed by atoms with Gasteiger partial charge in [-0.25, -0.2) is 18.1 Å². The standard InChI is InChI=1S/C28H35N9O5S2/c29-25(30)20-9-4-8-19(14-20)15-22(37-44(41,42)17-18-6-2-1-3-7-18)26(40)35-16-23(38)36-21(10-5-11-34-28(31)32)24(39)27-33-12-13-43-27/h1-4,6-9,12-14,21-22,37H,5,10-11,15-17H2,(H3,29,30)(H,35,40)(H,36,38)(H4,31,32,34)/t21-,22+/m0/s1. The van der Waals surface area contributed by atoms with Crippen molar-refractivity contribution in [2.24, 2.45) is 22.2 Å². The van der Waals surface area contributed by atoms with E-state index in [9.17, 15) is 22.8 Å². The first-order valence-electron chi connectivity index (χ1n) is 13.5. The van der Waals surface area contributed by atoms with Crippen molar-refractivity contribution < 1.29 is 22.8 Å². The maximum absolute atomic E-state index is 13.3. The van der Waals surface area contributed by atoms with Crippen LogP contribution in [0.1, 0.15) is 39.3 Å². The zero-order valence-corrected chi connectivity index (χ0v) is 25.4. The van der Waals surface area contributed by atoms with Crippen LogP contribution in [0.4, 0.5) is 0 Å². The maximum atomic E-state index is 13.3. The highest BCUT2D eigenvalue weighted by Gasteiger charge is 2.27. The van der Waals surface area contributed by atoms with Crippen LogP contribution in [0.5, 0.6) is 0 Å². The number of thiazole rings is 1. The van der Waals surface area contributed by atoms with Gasteiger partial charge in [-0.3, -0.25) is 24.8 Å². The van der Waals surface area contributed by atoms with Gasteiger partial charge in [0.15, 0.2) is 11.0 Å². The van der Waals surface area contributed by atoms with Crippen LogP contribution in [0.25, 0.3) is 0 Å². The monoisotopic (exact) mass is 641 g/mol. The Bertz CT molecular complexity index is 1580. The largest absolute Gasteiger partial charge is 0.384 e. The van der Waals surface area contributed by atoms with Gasteiger partial charge in [0.05, 0.1) is 18.3 Å². The second-order valence-corrected chi connectivity index (χ2v) is 12.4. The number of ketones is 1. The third-order valence-electron chi connectivity index (χ3n) is 6.18. The van der Waals surface area contributed by atoms with Gasteiger partial charge >= 0.3 is 0 Å². The Morgan fingerprint density at radius 3 is 2.39 bits per heavy atom. The molecule has 0 saturated heterocycles. The van der Waals surface area contributed by atoms with Crippen molar-refractivity contribution in [1.82, 2.24) is 20.3 Å². The quantitative estimate of drug-likeness (QED) is 0.0453. The Morgan fingerprint density at radius 2 is 1.73 bits per heavy atom. The Hall–Kier alpha value is -4.67. The summed E-state index contributed by atoms with van der Waals surface area (Å²) in [6.45, 7) is -0.287. The molecular formula is C28H35N9O5S2. The second-order valence-electron chi connectivity index (χ2n) is 9.72. The minimum absolute atomic E-state index is 0.0848. The number of nitrogens with one attached hydrogen (secondary N) is 4. The molecule has 44 heavy (non-hydrogen) atoms. The van der Waals surface area contributed by atoms with Gasteiger partial charge in [-0.2, -0.15) is 0 Å². The van der Waals surface area contributed by atoms with Gasteiger partial charge in [-0.1, -0.05) is 48.5 Å². The lowest BCUT2D eigenvalue weighted by molar-refractivity contribution is -0.127. The number of guanidine groups is 1. The summed E-state index contributed by atoms with van der Waals surface area (Å²) in [5, 5.41) is 14.6. The first-order chi connectivity index (χ1) is 20.9. The first kappa shape index (κ1) is 33.8. The van der Waals surface area contributed by atoms with Crippen LogP contribution < -0.4 is 32.6 Å². The average molecular weight is 642 g/mol. The summed E-state index contributed by atoms with van der Waals surface area (Å²) in [4.78, 5) is 47.0. The molecule has 0 aliphatic carbocycles. The molecule has 3 aromatic rings. The molecule has 1 aromatic heterocycles. The molecule has 0 unspecified atom stereocenters. The number of carbonyl (C=O) groups excluding carboxylic acids is 3. The number of aromatic nitrogens is 1. The van der Waals surface area contributed by atoms with Gasteiger partial charge in [0.25, 0.3) is 0 Å². The van der Waals surface area contributed by atoms with Crippen LogP contribution in [0, 0.1) is 5.41 Å². The number of amides is 2. The smallest absolute Gasteiger partial charge is 0.239 e. The van der Waals surface area contributed by atoms with Gasteiger partial charge in [-0.05, 0) is 36.5 Å². The molecule has 1 heterocycles. The van der Waals surface area contributed by atoms with Gasteiger partial charge in [0.1, 0.15) is 11.9 Å². The number of hydrogen-bond donors (Lipinski definition) is 7. The molecule has 3 rings (SSSR count). The fraction of sp³-hybridized carbons (Fsp3) is 0.286. The molecule has 0 fully saturated rings. The van der Waals surface area contributed by atoms with Crippen LogP contribution in [0.3, 0.4) is 0 Å². The fourth-order valence-electron chi connectivity index (χ4n) is 4.14. The topological polar surface area (TPSA) is 249 Å². The van der Waals surface area contributed by atoms with E-state index in [4.69, 9.17) is 22.6 Å². The van der Waals surface area contributed by atoms with E-state index in [-0.39, 0.29) is 41.9 Å². The van der Waals surface area contributed by atoms with Crippen LogP contribution in [-0.4, -0.2) is 68.0 Å². The number of rotatable bonds is 17. The molecule has 0 bridgehead atoms. The highest BCUT2D eigenvalue weighted by Crippen LogP contribution is 2.13. The minimum Gasteiger partial charge on any atom is -0.384 e. The first-order valence-corrected chi connectivity index (χ1v) is 16.0. The number of carbonyl (C=O) groups is 3. The highest BCUT2D eigenvalue weighted by molar-refractivity contribution is 7.88. The number of nitrogens with two attached hydrogens (primary N) is 3. The normalized spacial score (nSPS) is 12.5. The number of aliphatic imine (C=N–C) groups is 1. The van der Waals surface area contributed by atoms with Gasteiger partial charge < -0.3 is 27.8 Å². The third-order valence-corrected chi connectivity index (χ3v) is 8.32. The lowest BCUT2D eigenvalue weighted by atomic mass is 10.0. The number of Topliss-reactive ketones (excluding diaryl/α,β-unsaturated/α-hetero) is 1. The zero-order chi connectivity index (χ0) is 32.1. The van der Waals surface area contributed by atoms with E-state index in [0.717, 1.165) is 11.3 Å². The van der Waals surface area contributed by atoms with Crippen molar-refractivity contribution in [3.8, 4) is 0 Å². The molecule has 16 heteroatoms. The van der Waals surface area contributed by atoms with Crippen molar-refractivity contribution in [3.05, 3.63) is 87.9 Å². The van der Waals surface area contributed by atoms with Crippen molar-refractivity contribution in [2.45, 2.75) is 37.1 Å². The number of nitrogen functional groups attached to an aromatic ring is 1. The minimum atomic E-state index is -4.00. The predicted molar refractivity (Wildman–Crippen MR) is 168 cm³/mol. The van der Waals surface area contributed by atoms with Crippen LogP contribution in [-0.2, 0) is 31.8 Å². The SMILES string of the molecule is N=C(N)c1cccc(C[C@@H](NS(=O)(=O)Cc2ccccc2)C(=O)NCC(=O)N[C@@H](CCCN=C(N)N)C(=O)c2nccs2)c1. The number of benzene rings is 2. The number of sulfonamides is 1. The number of amidine groups is 1. The molecule has 0 aliphatic rings. The molecular weight excluding hydrogens is 607 g/mol. The third kappa shape index (κ3) is 11.2. The lowest BCUT2D eigenvalue weighted by Crippen LogP contribution is -2.51. The molecule has 0 saturated carbocycles. The van der Waals surface area contributed by atoms with Crippen molar-refractivity contribution >= 4 is 50.8 Å². The lowest BCUT2D eigenvalue weighted by Gasteiger charge is -2.20. The predicted octanol–water partition coefficient (Wildman–Crippen LogP) is -0.00463. The molecule has 0 spiro atoms. The van der Waals surface area contributed by atoms with E-state index < -0.39 is 46.2 Å². The summed E-state index contributed by atoms with van der Waals surface area (Å²) >= 11 is 1.13. The molecule has 0 aliphatic heterocycles. The molecule has 10 N–H and O–H groups in total. The maximum Gasteiger partial charge on any atom is 0.239 e. The van der Waals surface area contributed by atoms with Crippen molar-refractivity contribution in [3.63, 3.8) is 0 Å². The molecule has 14 nitrogen and oxygen atoms in total. The summed E-state index contributed by atoms with van der Waals surface area (Å²) in [5.41, 5.74) is 17.8. The Labute approximate surface area is 259 Å². The van der Waals surface area contributed by atoms with E-state index in [2.05, 4.69) is 25.3 Å². The summed E-state index contributed by atoms with van der Waals surface area (Å²) < 4.78 is 28.5. The summed E-state index contributed by atoms with van der Waals surface area (Å²) in [6, 6.07) is 12.7. The van der Waals surface area contributed by atoms with Gasteiger partial charge in [-0.15, -0.1) is 11.3 Å². The summed E-state index contributed by atoms with van der Waals surface area (Å²) in [5.74, 6) is -2.48. The molecule has 0 radical (unpaired) electrons. The van der Waals surface area contributed by atoms with Gasteiger partial charge in [0, 0.05) is 23.7 Å². The van der Waals surface area contributed by atoms with Crippen LogP contribution in [0.2, 0.25) is 0 Å². The second kappa shape index (κ2) is 16.3. The van der Waals surface area contributed by atoms with E-state index in [1.165, 1.54) is 6.20 Å². The highest BCUT2D eigenvalue weighted by atomic mass is 32.2. The Kier molecular flexibility index (Phi) is 12.5. The van der Waals surface area contributed by atoms with Crippen molar-refractivity contribution in [2.75, 3.05) is 13.1 Å². The van der Waals surface area contributed by atoms with E-state index in [1.807, 2.05) is 0 Å². The van der Waals surface area contributed by atoms with E-state index in [1.54, 1.807) is 60.0 Å². The number of nitrogens with zero attached hydrogens (tertiary/aromatic N) is 2. The average Bonchev–Trinajstić information content (AvgIpc) is 3.52. The van der Waals surface area contributed by atoms with Crippen molar-refractivity contribution in [1.29, 1.82) is 5.41 Å². The Balaban J connectivity index is 1.71. The Morgan fingerprint density at radius 1 is 1.00 bits per heavy atom. The molecule has 234 valence electrons.